The van der Waals surface area contributed by atoms with E-state index in [0.29, 0.717) is 0 Å². The molecule has 0 amide bonds. The summed E-state index contributed by atoms with van der Waals surface area (Å²) in [6, 6.07) is 39.0. The van der Waals surface area contributed by atoms with Gasteiger partial charge in [-0.2, -0.15) is 0 Å². The summed E-state index contributed by atoms with van der Waals surface area (Å²) in [5.74, 6) is 0. The smallest absolute Gasteiger partial charge is 0.0478 e. The first-order valence-electron chi connectivity index (χ1n) is 10.1. The normalized spacial score (nSPS) is 11.3. The molecule has 1 heterocycles. The highest BCUT2D eigenvalue weighted by Crippen LogP contribution is 2.39. The SMILES string of the molecule is c1ccc(-c2ccc3ccc(Nc4cccc5sc6ccccc6c45)cc3c2)cc1. The summed E-state index contributed by atoms with van der Waals surface area (Å²) in [5, 5.41) is 8.79. The van der Waals surface area contributed by atoms with Crippen LogP contribution in [-0.4, -0.2) is 0 Å². The molecule has 0 saturated carbocycles. The van der Waals surface area contributed by atoms with Gasteiger partial charge in [0, 0.05) is 31.5 Å². The highest BCUT2D eigenvalue weighted by Gasteiger charge is 2.09. The molecule has 0 spiro atoms. The molecular weight excluding hydrogens is 382 g/mol. The van der Waals surface area contributed by atoms with E-state index in [2.05, 4.69) is 115 Å². The molecule has 30 heavy (non-hydrogen) atoms. The molecule has 0 fully saturated rings. The minimum Gasteiger partial charge on any atom is -0.355 e. The van der Waals surface area contributed by atoms with Crippen LogP contribution in [0.4, 0.5) is 11.4 Å². The van der Waals surface area contributed by atoms with Gasteiger partial charge in [-0.05, 0) is 58.3 Å². The zero-order valence-electron chi connectivity index (χ0n) is 16.3. The molecule has 1 nitrogen and oxygen atoms in total. The van der Waals surface area contributed by atoms with Crippen molar-refractivity contribution in [3.8, 4) is 11.1 Å². The number of rotatable bonds is 3. The van der Waals surface area contributed by atoms with Crippen LogP contribution < -0.4 is 5.32 Å². The number of thiophene rings is 1. The highest BCUT2D eigenvalue weighted by atomic mass is 32.1. The third kappa shape index (κ3) is 2.94. The van der Waals surface area contributed by atoms with Gasteiger partial charge in [0.05, 0.1) is 0 Å². The van der Waals surface area contributed by atoms with Crippen LogP contribution in [0.15, 0.2) is 109 Å². The molecule has 1 aromatic heterocycles. The minimum absolute atomic E-state index is 1.11. The summed E-state index contributed by atoms with van der Waals surface area (Å²) in [6.45, 7) is 0. The van der Waals surface area contributed by atoms with Crippen LogP contribution in [0.3, 0.4) is 0 Å². The van der Waals surface area contributed by atoms with E-state index in [-0.39, 0.29) is 0 Å². The summed E-state index contributed by atoms with van der Waals surface area (Å²) in [5.41, 5.74) is 4.75. The molecule has 0 radical (unpaired) electrons. The molecule has 0 saturated heterocycles. The van der Waals surface area contributed by atoms with Crippen molar-refractivity contribution in [2.75, 3.05) is 5.32 Å². The average molecular weight is 402 g/mol. The molecule has 6 aromatic rings. The van der Waals surface area contributed by atoms with Gasteiger partial charge in [0.25, 0.3) is 0 Å². The van der Waals surface area contributed by atoms with E-state index in [9.17, 15) is 0 Å². The lowest BCUT2D eigenvalue weighted by atomic mass is 10.0. The van der Waals surface area contributed by atoms with Crippen LogP contribution >= 0.6 is 11.3 Å². The topological polar surface area (TPSA) is 12.0 Å². The monoisotopic (exact) mass is 401 g/mol. The molecule has 142 valence electrons. The number of hydrogen-bond donors (Lipinski definition) is 1. The van der Waals surface area contributed by atoms with Crippen LogP contribution in [0, 0.1) is 0 Å². The van der Waals surface area contributed by atoms with Gasteiger partial charge < -0.3 is 5.32 Å². The molecule has 0 aliphatic heterocycles. The number of hydrogen-bond acceptors (Lipinski definition) is 2. The Bertz CT molecular complexity index is 1510. The number of nitrogens with one attached hydrogen (secondary N) is 1. The number of anilines is 2. The van der Waals surface area contributed by atoms with Gasteiger partial charge in [-0.3, -0.25) is 0 Å². The largest absolute Gasteiger partial charge is 0.355 e. The summed E-state index contributed by atoms with van der Waals surface area (Å²) in [7, 11) is 0. The van der Waals surface area contributed by atoms with Crippen molar-refractivity contribution in [1.29, 1.82) is 0 Å². The van der Waals surface area contributed by atoms with E-state index in [1.165, 1.54) is 42.1 Å². The molecule has 6 rings (SSSR count). The molecule has 0 aliphatic rings. The maximum Gasteiger partial charge on any atom is 0.0478 e. The third-order valence-electron chi connectivity index (χ3n) is 5.63. The minimum atomic E-state index is 1.11. The number of fused-ring (bicyclic) bond motifs is 4. The third-order valence-corrected chi connectivity index (χ3v) is 6.76. The van der Waals surface area contributed by atoms with Gasteiger partial charge in [-0.1, -0.05) is 72.8 Å². The molecule has 5 aromatic carbocycles. The lowest BCUT2D eigenvalue weighted by molar-refractivity contribution is 1.60. The van der Waals surface area contributed by atoms with Gasteiger partial charge in [0.15, 0.2) is 0 Å². The van der Waals surface area contributed by atoms with Crippen LogP contribution in [0.2, 0.25) is 0 Å². The van der Waals surface area contributed by atoms with Crippen LogP contribution in [0.25, 0.3) is 42.1 Å². The fraction of sp³-hybridized carbons (Fsp3) is 0. The first-order chi connectivity index (χ1) is 14.8. The van der Waals surface area contributed by atoms with Gasteiger partial charge in [0.2, 0.25) is 0 Å². The van der Waals surface area contributed by atoms with Crippen LogP contribution in [-0.2, 0) is 0 Å². The average Bonchev–Trinajstić information content (AvgIpc) is 3.19. The fourth-order valence-corrected chi connectivity index (χ4v) is 5.30. The second-order valence-electron chi connectivity index (χ2n) is 7.54. The van der Waals surface area contributed by atoms with Crippen molar-refractivity contribution >= 4 is 53.7 Å². The Morgan fingerprint density at radius 3 is 2.27 bits per heavy atom. The first kappa shape index (κ1) is 17.3. The van der Waals surface area contributed by atoms with Crippen molar-refractivity contribution in [2.45, 2.75) is 0 Å². The van der Waals surface area contributed by atoms with Crippen LogP contribution in [0.5, 0.6) is 0 Å². The zero-order chi connectivity index (χ0) is 19.9. The Balaban J connectivity index is 1.44. The van der Waals surface area contributed by atoms with Crippen LogP contribution in [0.1, 0.15) is 0 Å². The summed E-state index contributed by atoms with van der Waals surface area (Å²) < 4.78 is 2.64. The number of benzene rings is 5. The van der Waals surface area contributed by atoms with Gasteiger partial charge in [0.1, 0.15) is 0 Å². The van der Waals surface area contributed by atoms with E-state index in [1.54, 1.807) is 0 Å². The van der Waals surface area contributed by atoms with Crippen molar-refractivity contribution in [1.82, 2.24) is 0 Å². The second-order valence-corrected chi connectivity index (χ2v) is 8.63. The van der Waals surface area contributed by atoms with Gasteiger partial charge in [-0.15, -0.1) is 11.3 Å². The molecule has 1 N–H and O–H groups in total. The Hall–Kier alpha value is -3.62. The highest BCUT2D eigenvalue weighted by molar-refractivity contribution is 7.25. The predicted octanol–water partition coefficient (Wildman–Crippen LogP) is 8.62. The zero-order valence-corrected chi connectivity index (χ0v) is 17.1. The Morgan fingerprint density at radius 1 is 0.533 bits per heavy atom. The van der Waals surface area contributed by atoms with Gasteiger partial charge in [-0.25, -0.2) is 0 Å². The molecule has 0 unspecified atom stereocenters. The van der Waals surface area contributed by atoms with Crippen molar-refractivity contribution < 1.29 is 0 Å². The van der Waals surface area contributed by atoms with E-state index in [1.807, 2.05) is 11.3 Å². The molecule has 0 aliphatic carbocycles. The summed E-state index contributed by atoms with van der Waals surface area (Å²) in [4.78, 5) is 0. The van der Waals surface area contributed by atoms with E-state index in [4.69, 9.17) is 0 Å². The van der Waals surface area contributed by atoms with Crippen molar-refractivity contribution in [2.24, 2.45) is 0 Å². The van der Waals surface area contributed by atoms with E-state index >= 15 is 0 Å². The second kappa shape index (κ2) is 7.01. The van der Waals surface area contributed by atoms with Crippen molar-refractivity contribution in [3.05, 3.63) is 109 Å². The van der Waals surface area contributed by atoms with E-state index in [0.717, 1.165) is 11.4 Å². The lowest BCUT2D eigenvalue weighted by Gasteiger charge is -2.11. The standard InChI is InChI=1S/C28H19NS/c1-2-7-19(8-3-1)21-14-13-20-15-16-23(18-22(20)17-21)29-25-10-6-12-27-28(25)24-9-4-5-11-26(24)30-27/h1-18,29H. The van der Waals surface area contributed by atoms with E-state index < -0.39 is 0 Å². The first-order valence-corrected chi connectivity index (χ1v) is 10.9. The van der Waals surface area contributed by atoms with Crippen molar-refractivity contribution in [3.63, 3.8) is 0 Å². The Morgan fingerprint density at radius 2 is 1.33 bits per heavy atom. The maximum absolute atomic E-state index is 3.68. The summed E-state index contributed by atoms with van der Waals surface area (Å²) >= 11 is 1.85. The van der Waals surface area contributed by atoms with Gasteiger partial charge >= 0.3 is 0 Å². The molecule has 0 bridgehead atoms. The molecule has 2 heteroatoms. The quantitative estimate of drug-likeness (QED) is 0.313. The lowest BCUT2D eigenvalue weighted by Crippen LogP contribution is -1.91. The Kier molecular flexibility index (Phi) is 4.03. The summed E-state index contributed by atoms with van der Waals surface area (Å²) in [6.07, 6.45) is 0. The maximum atomic E-state index is 3.68. The fourth-order valence-electron chi connectivity index (χ4n) is 4.17. The molecule has 0 atom stereocenters. The Labute approximate surface area is 179 Å². The molecular formula is C28H19NS. The predicted molar refractivity (Wildman–Crippen MR) is 132 cm³/mol.